The molecule has 0 spiro atoms. The number of allylic oxidation sites excluding steroid dienone is 2. The van der Waals surface area contributed by atoms with Gasteiger partial charge in [-0.3, -0.25) is 9.67 Å². The highest BCUT2D eigenvalue weighted by atomic mass is 15.3. The number of hydrogen-bond donors (Lipinski definition) is 1. The van der Waals surface area contributed by atoms with Gasteiger partial charge in [-0.05, 0) is 31.9 Å². The molecule has 3 heterocycles. The largest absolute Gasteiger partial charge is 0.350 e. The smallest absolute Gasteiger partial charge is 0.117 e. The van der Waals surface area contributed by atoms with Crippen LogP contribution in [-0.2, 0) is 0 Å². The fraction of sp³-hybridized carbons (Fsp3) is 0.412. The fourth-order valence-electron chi connectivity index (χ4n) is 3.53. The third kappa shape index (κ3) is 2.59. The van der Waals surface area contributed by atoms with Gasteiger partial charge in [0.2, 0.25) is 0 Å². The van der Waals surface area contributed by atoms with Crippen molar-refractivity contribution in [1.82, 2.24) is 15.1 Å². The molecule has 2 atom stereocenters. The van der Waals surface area contributed by atoms with Crippen LogP contribution in [0.4, 0.5) is 0 Å². The van der Waals surface area contributed by atoms with Crippen LogP contribution in [0.3, 0.4) is 0 Å². The molecule has 0 aromatic carbocycles. The first-order chi connectivity index (χ1) is 11.3. The molecule has 116 valence electrons. The molecule has 4 rings (SSSR count). The molecule has 1 fully saturated rings. The molecule has 2 unspecified atom stereocenters. The van der Waals surface area contributed by atoms with Crippen molar-refractivity contribution < 1.29 is 0 Å². The van der Waals surface area contributed by atoms with E-state index in [0.717, 1.165) is 37.1 Å². The first-order valence-electron chi connectivity index (χ1n) is 7.99. The Morgan fingerprint density at radius 3 is 3.04 bits per heavy atom. The molecule has 0 bridgehead atoms. The van der Waals surface area contributed by atoms with E-state index in [4.69, 9.17) is 5.26 Å². The third-order valence-corrected chi connectivity index (χ3v) is 4.82. The van der Waals surface area contributed by atoms with Crippen LogP contribution in [0.15, 0.2) is 46.3 Å². The molecule has 6 heteroatoms. The Bertz CT molecular complexity index is 750. The van der Waals surface area contributed by atoms with Crippen LogP contribution >= 0.6 is 0 Å². The summed E-state index contributed by atoms with van der Waals surface area (Å²) in [7, 11) is 0. The molecule has 0 radical (unpaired) electrons. The van der Waals surface area contributed by atoms with Crippen molar-refractivity contribution in [2.24, 2.45) is 15.9 Å². The van der Waals surface area contributed by atoms with Gasteiger partial charge in [0.05, 0.1) is 30.3 Å². The second-order valence-corrected chi connectivity index (χ2v) is 6.17. The predicted molar refractivity (Wildman–Crippen MR) is 87.9 cm³/mol. The average Bonchev–Trinajstić information content (AvgIpc) is 3.25. The summed E-state index contributed by atoms with van der Waals surface area (Å²) in [5.41, 5.74) is 2.39. The molecule has 1 aromatic rings. The molecular formula is C17H18N6. The van der Waals surface area contributed by atoms with E-state index < -0.39 is 0 Å². The van der Waals surface area contributed by atoms with Crippen molar-refractivity contribution >= 4 is 12.2 Å². The van der Waals surface area contributed by atoms with Gasteiger partial charge in [-0.15, -0.1) is 0 Å². The number of fused-ring (bicyclic) bond motifs is 1. The number of rotatable bonds is 2. The van der Waals surface area contributed by atoms with Gasteiger partial charge in [-0.2, -0.15) is 10.4 Å². The van der Waals surface area contributed by atoms with E-state index in [1.807, 2.05) is 12.4 Å². The number of nitrogens with one attached hydrogen (secondary N) is 1. The van der Waals surface area contributed by atoms with Crippen molar-refractivity contribution in [2.75, 3.05) is 0 Å². The highest BCUT2D eigenvalue weighted by Gasteiger charge is 2.31. The SMILES string of the molecule is N#CC=C1CCC(n2cc(C3N=CN=C4NC=CC43)cn2)CC1. The summed E-state index contributed by atoms with van der Waals surface area (Å²) >= 11 is 0. The van der Waals surface area contributed by atoms with Crippen molar-refractivity contribution in [1.29, 1.82) is 5.26 Å². The Hall–Kier alpha value is -2.68. The van der Waals surface area contributed by atoms with E-state index in [1.54, 1.807) is 12.4 Å². The first kappa shape index (κ1) is 13.9. The lowest BCUT2D eigenvalue weighted by molar-refractivity contribution is 0.368. The van der Waals surface area contributed by atoms with Crippen LogP contribution in [0.2, 0.25) is 0 Å². The Morgan fingerprint density at radius 2 is 2.22 bits per heavy atom. The third-order valence-electron chi connectivity index (χ3n) is 4.82. The molecule has 1 aliphatic carbocycles. The van der Waals surface area contributed by atoms with Crippen LogP contribution in [0.5, 0.6) is 0 Å². The van der Waals surface area contributed by atoms with E-state index in [2.05, 4.69) is 43.4 Å². The quantitative estimate of drug-likeness (QED) is 0.853. The van der Waals surface area contributed by atoms with Crippen molar-refractivity contribution in [3.63, 3.8) is 0 Å². The zero-order valence-corrected chi connectivity index (χ0v) is 12.8. The van der Waals surface area contributed by atoms with Crippen LogP contribution in [0.1, 0.15) is 43.3 Å². The summed E-state index contributed by atoms with van der Waals surface area (Å²) in [6.45, 7) is 0. The molecule has 2 aliphatic heterocycles. The number of nitrogens with zero attached hydrogens (tertiary/aromatic N) is 5. The Morgan fingerprint density at radius 1 is 1.35 bits per heavy atom. The molecule has 0 saturated heterocycles. The summed E-state index contributed by atoms with van der Waals surface area (Å²) < 4.78 is 2.07. The lowest BCUT2D eigenvalue weighted by atomic mass is 9.90. The highest BCUT2D eigenvalue weighted by Crippen LogP contribution is 2.35. The maximum absolute atomic E-state index is 8.75. The minimum atomic E-state index is 0.0557. The second-order valence-electron chi connectivity index (χ2n) is 6.17. The normalized spacial score (nSPS) is 28.7. The number of hydrogen-bond acceptors (Lipinski definition) is 5. The van der Waals surface area contributed by atoms with Crippen LogP contribution in [0.25, 0.3) is 0 Å². The minimum Gasteiger partial charge on any atom is -0.350 e. The zero-order valence-electron chi connectivity index (χ0n) is 12.8. The standard InChI is InChI=1S/C17H18N6/c18-7-5-12-1-3-14(4-2-12)23-10-13(9-22-23)16-15-6-8-19-17(15)21-11-20-16/h5-6,8-11,14-16H,1-4H2,(H,19,20,21). The summed E-state index contributed by atoms with van der Waals surface area (Å²) in [5.74, 6) is 1.15. The number of aromatic nitrogens is 2. The van der Waals surface area contributed by atoms with E-state index in [1.165, 1.54) is 5.57 Å². The number of nitriles is 1. The molecule has 6 nitrogen and oxygen atoms in total. The van der Waals surface area contributed by atoms with Gasteiger partial charge >= 0.3 is 0 Å². The summed E-state index contributed by atoms with van der Waals surface area (Å²) in [4.78, 5) is 8.82. The molecule has 1 saturated carbocycles. The van der Waals surface area contributed by atoms with Gasteiger partial charge < -0.3 is 5.32 Å². The van der Waals surface area contributed by atoms with Crippen LogP contribution in [0, 0.1) is 17.2 Å². The number of amidine groups is 1. The molecule has 3 aliphatic rings. The molecule has 23 heavy (non-hydrogen) atoms. The minimum absolute atomic E-state index is 0.0557. The predicted octanol–water partition coefficient (Wildman–Crippen LogP) is 2.66. The summed E-state index contributed by atoms with van der Waals surface area (Å²) in [6, 6.07) is 2.61. The second kappa shape index (κ2) is 5.84. The van der Waals surface area contributed by atoms with Gasteiger partial charge in [0.25, 0.3) is 0 Å². The molecule has 1 aromatic heterocycles. The van der Waals surface area contributed by atoms with E-state index in [0.29, 0.717) is 6.04 Å². The molecule has 1 N–H and O–H groups in total. The van der Waals surface area contributed by atoms with Gasteiger partial charge in [0.1, 0.15) is 12.2 Å². The van der Waals surface area contributed by atoms with Gasteiger partial charge in [-0.1, -0.05) is 11.6 Å². The Kier molecular flexibility index (Phi) is 3.54. The van der Waals surface area contributed by atoms with Crippen molar-refractivity contribution in [3.05, 3.63) is 41.9 Å². The highest BCUT2D eigenvalue weighted by molar-refractivity contribution is 5.96. The average molecular weight is 306 g/mol. The summed E-state index contributed by atoms with van der Waals surface area (Å²) in [5, 5.41) is 16.5. The lowest BCUT2D eigenvalue weighted by Gasteiger charge is -2.24. The van der Waals surface area contributed by atoms with Gasteiger partial charge in [-0.25, -0.2) is 4.99 Å². The maximum atomic E-state index is 8.75. The Labute approximate surface area is 134 Å². The lowest BCUT2D eigenvalue weighted by Crippen LogP contribution is -2.26. The van der Waals surface area contributed by atoms with Gasteiger partial charge in [0, 0.05) is 17.8 Å². The number of aliphatic imine (C=N–C) groups is 2. The van der Waals surface area contributed by atoms with Crippen LogP contribution in [-0.4, -0.2) is 22.0 Å². The van der Waals surface area contributed by atoms with E-state index in [-0.39, 0.29) is 12.0 Å². The maximum Gasteiger partial charge on any atom is 0.117 e. The van der Waals surface area contributed by atoms with Crippen molar-refractivity contribution in [3.8, 4) is 6.07 Å². The van der Waals surface area contributed by atoms with Crippen molar-refractivity contribution in [2.45, 2.75) is 37.8 Å². The zero-order chi connectivity index (χ0) is 15.6. The molecule has 0 amide bonds. The molecular weight excluding hydrogens is 288 g/mol. The van der Waals surface area contributed by atoms with Gasteiger partial charge in [0.15, 0.2) is 0 Å². The topological polar surface area (TPSA) is 78.4 Å². The monoisotopic (exact) mass is 306 g/mol. The first-order valence-corrected chi connectivity index (χ1v) is 7.99. The fourth-order valence-corrected chi connectivity index (χ4v) is 3.53. The Balaban J connectivity index is 1.49. The summed E-state index contributed by atoms with van der Waals surface area (Å²) in [6.07, 6.45) is 15.5. The van der Waals surface area contributed by atoms with Crippen LogP contribution < -0.4 is 5.32 Å². The van der Waals surface area contributed by atoms with E-state index >= 15 is 0 Å². The van der Waals surface area contributed by atoms with E-state index in [9.17, 15) is 0 Å².